The van der Waals surface area contributed by atoms with Crippen LogP contribution in [-0.4, -0.2) is 65.8 Å². The summed E-state index contributed by atoms with van der Waals surface area (Å²) in [5.41, 5.74) is 2.90. The molecule has 7 heteroatoms. The number of benzene rings is 2. The van der Waals surface area contributed by atoms with Gasteiger partial charge in [-0.15, -0.1) is 11.3 Å². The van der Waals surface area contributed by atoms with E-state index in [2.05, 4.69) is 25.7 Å². The van der Waals surface area contributed by atoms with Crippen molar-refractivity contribution in [3.05, 3.63) is 93.4 Å². The fourth-order valence-corrected chi connectivity index (χ4v) is 5.04. The normalized spacial score (nSPS) is 14.6. The third-order valence-electron chi connectivity index (χ3n) is 6.65. The van der Waals surface area contributed by atoms with Gasteiger partial charge in [-0.25, -0.2) is 4.39 Å². The van der Waals surface area contributed by atoms with E-state index in [0.717, 1.165) is 30.8 Å². The van der Waals surface area contributed by atoms with Crippen molar-refractivity contribution in [3.63, 3.8) is 0 Å². The molecular weight excluding hydrogens is 473 g/mol. The van der Waals surface area contributed by atoms with E-state index in [1.165, 1.54) is 29.0 Å². The number of halogens is 1. The van der Waals surface area contributed by atoms with E-state index in [1.807, 2.05) is 51.6 Å². The first-order valence-electron chi connectivity index (χ1n) is 12.4. The van der Waals surface area contributed by atoms with Crippen LogP contribution in [0.15, 0.2) is 66.0 Å². The lowest BCUT2D eigenvalue weighted by Gasteiger charge is -2.36. The summed E-state index contributed by atoms with van der Waals surface area (Å²) in [5.74, 6) is -0.227. The average Bonchev–Trinajstić information content (AvgIpc) is 3.42. The number of thiophene rings is 1. The maximum atomic E-state index is 13.3. The Morgan fingerprint density at radius 1 is 0.944 bits per heavy atom. The lowest BCUT2D eigenvalue weighted by atomic mass is 9.86. The molecule has 0 saturated carbocycles. The van der Waals surface area contributed by atoms with Crippen molar-refractivity contribution in [1.82, 2.24) is 14.7 Å². The Bertz CT molecular complexity index is 1150. The summed E-state index contributed by atoms with van der Waals surface area (Å²) in [7, 11) is 0. The van der Waals surface area contributed by atoms with Crippen LogP contribution in [0.3, 0.4) is 0 Å². The van der Waals surface area contributed by atoms with Gasteiger partial charge >= 0.3 is 0 Å². The van der Waals surface area contributed by atoms with Gasteiger partial charge in [0.2, 0.25) is 0 Å². The van der Waals surface area contributed by atoms with E-state index >= 15 is 0 Å². The SMILES string of the molecule is CC(C)(C)c1ccc(C(=O)N2CCN(CCN(Cc3ccc(F)cc3)C(=O)c3cccs3)CC2)cc1. The fourth-order valence-electron chi connectivity index (χ4n) is 4.35. The van der Waals surface area contributed by atoms with Crippen molar-refractivity contribution >= 4 is 23.2 Å². The molecule has 36 heavy (non-hydrogen) atoms. The van der Waals surface area contributed by atoms with E-state index in [4.69, 9.17) is 0 Å². The number of amides is 2. The van der Waals surface area contributed by atoms with Gasteiger partial charge in [0.25, 0.3) is 11.8 Å². The van der Waals surface area contributed by atoms with Gasteiger partial charge in [0.15, 0.2) is 0 Å². The van der Waals surface area contributed by atoms with Crippen LogP contribution in [0.5, 0.6) is 0 Å². The van der Waals surface area contributed by atoms with Crippen LogP contribution in [0.4, 0.5) is 4.39 Å². The number of carbonyl (C=O) groups is 2. The second-order valence-corrected chi connectivity index (χ2v) is 11.2. The van der Waals surface area contributed by atoms with Gasteiger partial charge in [-0.3, -0.25) is 14.5 Å². The number of rotatable bonds is 7. The predicted molar refractivity (Wildman–Crippen MR) is 143 cm³/mol. The standard InChI is InChI=1S/C29H34FN3O2S/c1-29(2,3)24-10-8-23(9-11-24)27(34)32-17-14-31(15-18-32)16-19-33(28(35)26-5-4-20-36-26)21-22-6-12-25(30)13-7-22/h4-13,20H,14-19,21H2,1-3H3. The lowest BCUT2D eigenvalue weighted by molar-refractivity contribution is 0.0600. The maximum absolute atomic E-state index is 13.3. The van der Waals surface area contributed by atoms with Crippen molar-refractivity contribution in [2.45, 2.75) is 32.7 Å². The smallest absolute Gasteiger partial charge is 0.264 e. The second kappa shape index (κ2) is 11.4. The van der Waals surface area contributed by atoms with Gasteiger partial charge in [0.05, 0.1) is 4.88 Å². The second-order valence-electron chi connectivity index (χ2n) is 10.3. The highest BCUT2D eigenvalue weighted by molar-refractivity contribution is 7.12. The Morgan fingerprint density at radius 2 is 1.61 bits per heavy atom. The molecule has 1 aliphatic heterocycles. The molecule has 1 fully saturated rings. The van der Waals surface area contributed by atoms with Crippen LogP contribution >= 0.6 is 11.3 Å². The van der Waals surface area contributed by atoms with Gasteiger partial charge in [0, 0.05) is 51.4 Å². The first-order chi connectivity index (χ1) is 17.2. The molecule has 0 atom stereocenters. The van der Waals surface area contributed by atoms with Crippen LogP contribution in [-0.2, 0) is 12.0 Å². The van der Waals surface area contributed by atoms with Gasteiger partial charge in [-0.2, -0.15) is 0 Å². The molecule has 2 aromatic carbocycles. The molecule has 0 N–H and O–H groups in total. The third-order valence-corrected chi connectivity index (χ3v) is 7.51. The monoisotopic (exact) mass is 507 g/mol. The zero-order chi connectivity index (χ0) is 25.7. The molecule has 2 amide bonds. The highest BCUT2D eigenvalue weighted by Gasteiger charge is 2.24. The summed E-state index contributed by atoms with van der Waals surface area (Å²) in [6.07, 6.45) is 0. The molecule has 2 heterocycles. The third kappa shape index (κ3) is 6.59. The predicted octanol–water partition coefficient (Wildman–Crippen LogP) is 5.29. The Hall–Kier alpha value is -3.03. The van der Waals surface area contributed by atoms with Crippen LogP contribution in [0.1, 0.15) is 51.9 Å². The number of nitrogens with zero attached hydrogens (tertiary/aromatic N) is 3. The molecule has 4 rings (SSSR count). The van der Waals surface area contributed by atoms with Gasteiger partial charge in [-0.05, 0) is 52.3 Å². The van der Waals surface area contributed by atoms with E-state index < -0.39 is 0 Å². The van der Waals surface area contributed by atoms with Gasteiger partial charge in [-0.1, -0.05) is 51.1 Å². The Balaban J connectivity index is 1.33. The Labute approximate surface area is 217 Å². The molecule has 0 bridgehead atoms. The minimum atomic E-state index is -0.285. The number of carbonyl (C=O) groups excluding carboxylic acids is 2. The molecule has 190 valence electrons. The summed E-state index contributed by atoms with van der Waals surface area (Å²) in [6.45, 7) is 11.1. The zero-order valence-corrected chi connectivity index (χ0v) is 22.1. The highest BCUT2D eigenvalue weighted by Crippen LogP contribution is 2.23. The largest absolute Gasteiger partial charge is 0.336 e. The first-order valence-corrected chi connectivity index (χ1v) is 13.3. The summed E-state index contributed by atoms with van der Waals surface area (Å²) in [6, 6.07) is 18.0. The molecule has 1 aliphatic rings. The average molecular weight is 508 g/mol. The molecule has 1 aromatic heterocycles. The van der Waals surface area contributed by atoms with Crippen molar-refractivity contribution < 1.29 is 14.0 Å². The number of hydrogen-bond acceptors (Lipinski definition) is 4. The molecule has 1 saturated heterocycles. The van der Waals surface area contributed by atoms with E-state index in [9.17, 15) is 14.0 Å². The molecular formula is C29H34FN3O2S. The highest BCUT2D eigenvalue weighted by atomic mass is 32.1. The van der Waals surface area contributed by atoms with Gasteiger partial charge in [0.1, 0.15) is 5.82 Å². The van der Waals surface area contributed by atoms with E-state index in [1.54, 1.807) is 12.1 Å². The first kappa shape index (κ1) is 26.0. The van der Waals surface area contributed by atoms with E-state index in [0.29, 0.717) is 31.1 Å². The van der Waals surface area contributed by atoms with Crippen LogP contribution in [0.25, 0.3) is 0 Å². The topological polar surface area (TPSA) is 43.9 Å². The van der Waals surface area contributed by atoms with Crippen molar-refractivity contribution in [1.29, 1.82) is 0 Å². The van der Waals surface area contributed by atoms with Gasteiger partial charge < -0.3 is 9.80 Å². The fraction of sp³-hybridized carbons (Fsp3) is 0.379. The quantitative estimate of drug-likeness (QED) is 0.437. The maximum Gasteiger partial charge on any atom is 0.264 e. The van der Waals surface area contributed by atoms with Crippen LogP contribution < -0.4 is 0 Å². The minimum Gasteiger partial charge on any atom is -0.336 e. The van der Waals surface area contributed by atoms with E-state index in [-0.39, 0.29) is 23.0 Å². The van der Waals surface area contributed by atoms with Crippen LogP contribution in [0.2, 0.25) is 0 Å². The van der Waals surface area contributed by atoms with Crippen molar-refractivity contribution in [3.8, 4) is 0 Å². The number of piperazine rings is 1. The summed E-state index contributed by atoms with van der Waals surface area (Å²) in [4.78, 5) is 32.9. The summed E-state index contributed by atoms with van der Waals surface area (Å²) >= 11 is 1.43. The van der Waals surface area contributed by atoms with Crippen molar-refractivity contribution in [2.75, 3.05) is 39.3 Å². The molecule has 0 radical (unpaired) electrons. The molecule has 3 aromatic rings. The molecule has 0 unspecified atom stereocenters. The summed E-state index contributed by atoms with van der Waals surface area (Å²) < 4.78 is 13.3. The van der Waals surface area contributed by atoms with Crippen LogP contribution in [0, 0.1) is 5.82 Å². The molecule has 0 spiro atoms. The minimum absolute atomic E-state index is 0.0122. The Morgan fingerprint density at radius 3 is 2.19 bits per heavy atom. The van der Waals surface area contributed by atoms with Crippen molar-refractivity contribution in [2.24, 2.45) is 0 Å². The Kier molecular flexibility index (Phi) is 8.21. The zero-order valence-electron chi connectivity index (χ0n) is 21.2. The lowest BCUT2D eigenvalue weighted by Crippen LogP contribution is -2.50. The molecule has 5 nitrogen and oxygen atoms in total. The molecule has 0 aliphatic carbocycles. The number of hydrogen-bond donors (Lipinski definition) is 0. The summed E-state index contributed by atoms with van der Waals surface area (Å²) in [5, 5.41) is 1.90.